The molecule has 0 aliphatic carbocycles. The smallest absolute Gasteiger partial charge is 0.190 e. The second-order valence-corrected chi connectivity index (χ2v) is 5.10. The van der Waals surface area contributed by atoms with Crippen LogP contribution in [0.3, 0.4) is 0 Å². The topological polar surface area (TPSA) is 54.4 Å². The molecular formula is C14H16O3S. The number of carbonyl (C=O) groups is 2. The first-order valence-corrected chi connectivity index (χ1v) is 6.60. The van der Waals surface area contributed by atoms with Crippen LogP contribution in [0.5, 0.6) is 0 Å². The van der Waals surface area contributed by atoms with Gasteiger partial charge in [-0.15, -0.1) is 11.8 Å². The number of allylic oxidation sites excluding steroid dienone is 2. The molecule has 0 fully saturated rings. The van der Waals surface area contributed by atoms with Crippen LogP contribution in [0.4, 0.5) is 0 Å². The van der Waals surface area contributed by atoms with Gasteiger partial charge in [0, 0.05) is 22.5 Å². The fourth-order valence-electron chi connectivity index (χ4n) is 1.48. The minimum absolute atomic E-state index is 0.0778. The Morgan fingerprint density at radius 3 is 2.61 bits per heavy atom. The van der Waals surface area contributed by atoms with Gasteiger partial charge in [0.1, 0.15) is 0 Å². The van der Waals surface area contributed by atoms with E-state index in [1.54, 1.807) is 31.2 Å². The van der Waals surface area contributed by atoms with Crippen molar-refractivity contribution in [3.8, 4) is 0 Å². The van der Waals surface area contributed by atoms with Crippen molar-refractivity contribution in [3.63, 3.8) is 0 Å². The third kappa shape index (κ3) is 3.55. The largest absolute Gasteiger partial charge is 0.396 e. The third-order valence-electron chi connectivity index (χ3n) is 2.61. The molecule has 0 aromatic heterocycles. The Morgan fingerprint density at radius 1 is 1.33 bits per heavy atom. The number of aliphatic hydroxyl groups is 1. The van der Waals surface area contributed by atoms with Crippen LogP contribution in [0.25, 0.3) is 0 Å². The maximum atomic E-state index is 12.2. The molecule has 0 radical (unpaired) electrons. The average molecular weight is 264 g/mol. The minimum atomic E-state index is -0.138. The minimum Gasteiger partial charge on any atom is -0.396 e. The van der Waals surface area contributed by atoms with Crippen LogP contribution in [0.15, 0.2) is 34.7 Å². The molecule has 1 rings (SSSR count). The van der Waals surface area contributed by atoms with Gasteiger partial charge in [0.05, 0.1) is 6.61 Å². The SMILES string of the molecule is C/C(SCCO)=C(/C)C(=O)c1ccccc1C=O. The highest BCUT2D eigenvalue weighted by molar-refractivity contribution is 8.03. The molecule has 3 nitrogen and oxygen atoms in total. The van der Waals surface area contributed by atoms with Gasteiger partial charge in [0.2, 0.25) is 0 Å². The number of carbonyl (C=O) groups excluding carboxylic acids is 2. The van der Waals surface area contributed by atoms with Crippen LogP contribution >= 0.6 is 11.8 Å². The van der Waals surface area contributed by atoms with E-state index in [0.717, 1.165) is 4.91 Å². The highest BCUT2D eigenvalue weighted by Crippen LogP contribution is 2.22. The lowest BCUT2D eigenvalue weighted by Gasteiger charge is -2.07. The van der Waals surface area contributed by atoms with E-state index < -0.39 is 0 Å². The number of ketones is 1. The van der Waals surface area contributed by atoms with E-state index in [0.29, 0.717) is 28.7 Å². The van der Waals surface area contributed by atoms with Crippen molar-refractivity contribution in [1.82, 2.24) is 0 Å². The number of aldehydes is 1. The van der Waals surface area contributed by atoms with E-state index in [9.17, 15) is 9.59 Å². The van der Waals surface area contributed by atoms with Gasteiger partial charge in [-0.25, -0.2) is 0 Å². The number of Topliss-reactive ketones (excluding diaryl/α,β-unsaturated/α-hetero) is 1. The summed E-state index contributed by atoms with van der Waals surface area (Å²) in [6.45, 7) is 3.66. The zero-order valence-electron chi connectivity index (χ0n) is 10.5. The Labute approximate surface area is 111 Å². The Kier molecular flexibility index (Phi) is 5.82. The van der Waals surface area contributed by atoms with Gasteiger partial charge in [-0.2, -0.15) is 0 Å². The predicted octanol–water partition coefficient (Wildman–Crippen LogP) is 2.70. The van der Waals surface area contributed by atoms with Gasteiger partial charge >= 0.3 is 0 Å². The molecule has 96 valence electrons. The van der Waals surface area contributed by atoms with E-state index >= 15 is 0 Å². The average Bonchev–Trinajstić information content (AvgIpc) is 2.42. The zero-order valence-corrected chi connectivity index (χ0v) is 11.3. The highest BCUT2D eigenvalue weighted by Gasteiger charge is 2.14. The van der Waals surface area contributed by atoms with Crippen LogP contribution in [-0.4, -0.2) is 29.5 Å². The first-order valence-electron chi connectivity index (χ1n) is 5.61. The summed E-state index contributed by atoms with van der Waals surface area (Å²) >= 11 is 1.44. The summed E-state index contributed by atoms with van der Waals surface area (Å²) in [5.74, 6) is 0.423. The first kappa shape index (κ1) is 14.7. The fraction of sp³-hybridized carbons (Fsp3) is 0.286. The number of rotatable bonds is 6. The van der Waals surface area contributed by atoms with Gasteiger partial charge in [-0.05, 0) is 18.8 Å². The Bertz CT molecular complexity index is 478. The molecule has 4 heteroatoms. The standard InChI is InChI=1S/C14H16O3S/c1-10(11(2)18-8-7-15)14(17)13-6-4-3-5-12(13)9-16/h3-6,9,15H,7-8H2,1-2H3/b11-10+. The Balaban J connectivity index is 3.03. The molecule has 0 aliphatic heterocycles. The number of aliphatic hydroxyl groups excluding tert-OH is 1. The summed E-state index contributed by atoms with van der Waals surface area (Å²) < 4.78 is 0. The van der Waals surface area contributed by atoms with Crippen LogP contribution < -0.4 is 0 Å². The molecule has 0 aliphatic rings. The second kappa shape index (κ2) is 7.13. The molecule has 0 amide bonds. The van der Waals surface area contributed by atoms with Crippen molar-refractivity contribution in [2.75, 3.05) is 12.4 Å². The lowest BCUT2D eigenvalue weighted by atomic mass is 10.00. The first-order chi connectivity index (χ1) is 8.61. The molecule has 18 heavy (non-hydrogen) atoms. The van der Waals surface area contributed by atoms with Crippen molar-refractivity contribution in [3.05, 3.63) is 45.9 Å². The van der Waals surface area contributed by atoms with E-state index in [1.807, 2.05) is 6.92 Å². The molecule has 0 atom stereocenters. The zero-order chi connectivity index (χ0) is 13.5. The highest BCUT2D eigenvalue weighted by atomic mass is 32.2. The number of hydrogen-bond acceptors (Lipinski definition) is 4. The van der Waals surface area contributed by atoms with Gasteiger partial charge in [-0.1, -0.05) is 24.3 Å². The maximum Gasteiger partial charge on any atom is 0.190 e. The van der Waals surface area contributed by atoms with Crippen molar-refractivity contribution in [1.29, 1.82) is 0 Å². The lowest BCUT2D eigenvalue weighted by Crippen LogP contribution is -2.06. The van der Waals surface area contributed by atoms with Crippen molar-refractivity contribution in [2.24, 2.45) is 0 Å². The third-order valence-corrected chi connectivity index (χ3v) is 3.74. The molecule has 1 aromatic carbocycles. The monoisotopic (exact) mass is 264 g/mol. The number of benzene rings is 1. The van der Waals surface area contributed by atoms with Crippen LogP contribution in [0.2, 0.25) is 0 Å². The summed E-state index contributed by atoms with van der Waals surface area (Å²) in [4.78, 5) is 24.0. The predicted molar refractivity (Wildman–Crippen MR) is 74.1 cm³/mol. The summed E-state index contributed by atoms with van der Waals surface area (Å²) in [6, 6.07) is 6.75. The van der Waals surface area contributed by atoms with E-state index in [1.165, 1.54) is 11.8 Å². The Morgan fingerprint density at radius 2 is 2.00 bits per heavy atom. The van der Waals surface area contributed by atoms with Crippen molar-refractivity contribution >= 4 is 23.8 Å². The molecule has 1 N–H and O–H groups in total. The maximum absolute atomic E-state index is 12.2. The Hall–Kier alpha value is -1.39. The van der Waals surface area contributed by atoms with Crippen molar-refractivity contribution in [2.45, 2.75) is 13.8 Å². The summed E-state index contributed by atoms with van der Waals surface area (Å²) in [7, 11) is 0. The molecule has 1 aromatic rings. The normalized spacial score (nSPS) is 11.9. The second-order valence-electron chi connectivity index (χ2n) is 3.79. The van der Waals surface area contributed by atoms with Gasteiger partial charge in [-0.3, -0.25) is 9.59 Å². The van der Waals surface area contributed by atoms with E-state index in [-0.39, 0.29) is 12.4 Å². The molecule has 0 saturated heterocycles. The van der Waals surface area contributed by atoms with Crippen LogP contribution in [-0.2, 0) is 0 Å². The van der Waals surface area contributed by atoms with Gasteiger partial charge in [0.25, 0.3) is 0 Å². The molecule has 0 spiro atoms. The van der Waals surface area contributed by atoms with Crippen LogP contribution in [0, 0.1) is 0 Å². The van der Waals surface area contributed by atoms with E-state index in [2.05, 4.69) is 0 Å². The summed E-state index contributed by atoms with van der Waals surface area (Å²) in [5, 5.41) is 8.76. The molecule has 0 unspecified atom stereocenters. The summed E-state index contributed by atoms with van der Waals surface area (Å²) in [6.07, 6.45) is 0.691. The molecule has 0 heterocycles. The van der Waals surface area contributed by atoms with Crippen LogP contribution in [0.1, 0.15) is 34.6 Å². The van der Waals surface area contributed by atoms with Gasteiger partial charge in [0.15, 0.2) is 12.1 Å². The quantitative estimate of drug-likeness (QED) is 0.487. The number of hydrogen-bond donors (Lipinski definition) is 1. The fourth-order valence-corrected chi connectivity index (χ4v) is 2.18. The number of thioether (sulfide) groups is 1. The molecule has 0 bridgehead atoms. The molecule has 0 saturated carbocycles. The lowest BCUT2D eigenvalue weighted by molar-refractivity contribution is 0.102. The molecular weight excluding hydrogens is 248 g/mol. The van der Waals surface area contributed by atoms with Crippen molar-refractivity contribution < 1.29 is 14.7 Å². The van der Waals surface area contributed by atoms with E-state index in [4.69, 9.17) is 5.11 Å². The summed E-state index contributed by atoms with van der Waals surface area (Å²) in [5.41, 5.74) is 1.44. The van der Waals surface area contributed by atoms with Gasteiger partial charge < -0.3 is 5.11 Å².